The van der Waals surface area contributed by atoms with Gasteiger partial charge < -0.3 is 5.32 Å². The molecule has 6 nitrogen and oxygen atoms in total. The molecule has 0 aliphatic heterocycles. The first-order valence-corrected chi connectivity index (χ1v) is 6.94. The Bertz CT molecular complexity index is 737. The van der Waals surface area contributed by atoms with Crippen LogP contribution in [0.3, 0.4) is 0 Å². The van der Waals surface area contributed by atoms with Crippen molar-refractivity contribution in [2.45, 2.75) is 6.92 Å². The van der Waals surface area contributed by atoms with Crippen molar-refractivity contribution in [3.63, 3.8) is 0 Å². The lowest BCUT2D eigenvalue weighted by Gasteiger charge is -2.09. The molecule has 1 amide bonds. The maximum absolute atomic E-state index is 12.1. The monoisotopic (exact) mass is 369 g/mol. The van der Waals surface area contributed by atoms with E-state index >= 15 is 0 Å². The predicted octanol–water partition coefficient (Wildman–Crippen LogP) is 3.97. The fraction of sp³-hybridized carbons (Fsp3) is 0.0769. The van der Waals surface area contributed by atoms with Gasteiger partial charge in [0.25, 0.3) is 11.6 Å². The quantitative estimate of drug-likeness (QED) is 0.503. The highest BCUT2D eigenvalue weighted by Gasteiger charge is 2.15. The van der Waals surface area contributed by atoms with Gasteiger partial charge >= 0.3 is 0 Å². The summed E-state index contributed by atoms with van der Waals surface area (Å²) in [4.78, 5) is 26.4. The van der Waals surface area contributed by atoms with Gasteiger partial charge in [0.15, 0.2) is 0 Å². The van der Waals surface area contributed by atoms with Gasteiger partial charge in [-0.05, 0) is 41.1 Å². The van der Waals surface area contributed by atoms with E-state index in [-0.39, 0.29) is 16.3 Å². The van der Waals surface area contributed by atoms with Gasteiger partial charge in [0.2, 0.25) is 0 Å². The number of nitrogens with zero attached hydrogens (tertiary/aromatic N) is 2. The maximum Gasteiger partial charge on any atom is 0.270 e. The molecule has 0 radical (unpaired) electrons. The highest BCUT2D eigenvalue weighted by Crippen LogP contribution is 2.24. The Morgan fingerprint density at radius 2 is 2.10 bits per heavy atom. The number of aromatic nitrogens is 1. The van der Waals surface area contributed by atoms with E-state index in [2.05, 4.69) is 26.2 Å². The zero-order valence-corrected chi connectivity index (χ0v) is 13.1. The number of nitrogens with one attached hydrogen (secondary N) is 1. The number of pyridine rings is 1. The van der Waals surface area contributed by atoms with E-state index in [4.69, 9.17) is 11.6 Å². The van der Waals surface area contributed by atoms with Gasteiger partial charge in [0.1, 0.15) is 4.60 Å². The number of non-ortho nitro benzene ring substituents is 1. The summed E-state index contributed by atoms with van der Waals surface area (Å²) < 4.78 is 0.659. The molecule has 0 atom stereocenters. The number of benzene rings is 1. The number of hydrogen-bond acceptors (Lipinski definition) is 4. The van der Waals surface area contributed by atoms with Crippen LogP contribution in [-0.2, 0) is 0 Å². The third-order valence-electron chi connectivity index (χ3n) is 2.71. The molecule has 8 heteroatoms. The Kier molecular flexibility index (Phi) is 4.54. The van der Waals surface area contributed by atoms with Gasteiger partial charge in [-0.1, -0.05) is 11.6 Å². The van der Waals surface area contributed by atoms with Crippen LogP contribution in [0.1, 0.15) is 16.1 Å². The van der Waals surface area contributed by atoms with Crippen molar-refractivity contribution in [2.75, 3.05) is 5.32 Å². The molecule has 0 aliphatic rings. The average molecular weight is 371 g/mol. The van der Waals surface area contributed by atoms with Crippen LogP contribution >= 0.6 is 27.5 Å². The zero-order valence-electron chi connectivity index (χ0n) is 10.8. The Balaban J connectivity index is 2.26. The molecule has 0 unspecified atom stereocenters. The van der Waals surface area contributed by atoms with Crippen LogP contribution in [0.4, 0.5) is 11.4 Å². The summed E-state index contributed by atoms with van der Waals surface area (Å²) in [6.07, 6.45) is 0. The molecule has 1 heterocycles. The molecule has 0 aliphatic carbocycles. The second kappa shape index (κ2) is 6.19. The van der Waals surface area contributed by atoms with Crippen molar-refractivity contribution >= 4 is 44.8 Å². The Morgan fingerprint density at radius 3 is 2.67 bits per heavy atom. The molecule has 0 fully saturated rings. The number of rotatable bonds is 3. The highest BCUT2D eigenvalue weighted by atomic mass is 79.9. The number of anilines is 1. The van der Waals surface area contributed by atoms with Gasteiger partial charge in [-0.3, -0.25) is 14.9 Å². The van der Waals surface area contributed by atoms with Gasteiger partial charge in [0.05, 0.1) is 26.9 Å². The number of carbonyl (C=O) groups is 1. The van der Waals surface area contributed by atoms with E-state index in [9.17, 15) is 14.9 Å². The number of aryl methyl sites for hydroxylation is 1. The van der Waals surface area contributed by atoms with Crippen LogP contribution < -0.4 is 5.32 Å². The normalized spacial score (nSPS) is 10.2. The standard InChI is InChI=1S/C13H9BrClN3O3/c1-7-11(4-5-12(14)16-7)17-13(19)9-3-2-8(18(20)21)6-10(9)15/h2-6H,1H3,(H,17,19). The van der Waals surface area contributed by atoms with Gasteiger partial charge in [-0.15, -0.1) is 0 Å². The van der Waals surface area contributed by atoms with E-state index in [1.54, 1.807) is 19.1 Å². The number of hydrogen-bond donors (Lipinski definition) is 1. The van der Waals surface area contributed by atoms with Crippen molar-refractivity contribution in [2.24, 2.45) is 0 Å². The second-order valence-corrected chi connectivity index (χ2v) is 5.36. The van der Waals surface area contributed by atoms with Crippen molar-refractivity contribution in [1.82, 2.24) is 4.98 Å². The molecule has 0 saturated heterocycles. The van der Waals surface area contributed by atoms with Crippen LogP contribution in [-0.4, -0.2) is 15.8 Å². The summed E-state index contributed by atoms with van der Waals surface area (Å²) in [7, 11) is 0. The van der Waals surface area contributed by atoms with Gasteiger partial charge in [-0.25, -0.2) is 4.98 Å². The molecule has 1 aromatic heterocycles. The largest absolute Gasteiger partial charge is 0.320 e. The molecular formula is C13H9BrClN3O3. The summed E-state index contributed by atoms with van der Waals surface area (Å²) in [5, 5.41) is 13.3. The molecule has 2 rings (SSSR count). The van der Waals surface area contributed by atoms with E-state index < -0.39 is 10.8 Å². The van der Waals surface area contributed by atoms with Crippen LogP contribution in [0.25, 0.3) is 0 Å². The molecular weight excluding hydrogens is 362 g/mol. The lowest BCUT2D eigenvalue weighted by atomic mass is 10.2. The fourth-order valence-electron chi connectivity index (χ4n) is 1.65. The van der Waals surface area contributed by atoms with Crippen molar-refractivity contribution in [1.29, 1.82) is 0 Å². The maximum atomic E-state index is 12.1. The predicted molar refractivity (Wildman–Crippen MR) is 82.7 cm³/mol. The summed E-state index contributed by atoms with van der Waals surface area (Å²) >= 11 is 9.14. The van der Waals surface area contributed by atoms with Crippen molar-refractivity contribution < 1.29 is 9.72 Å². The summed E-state index contributed by atoms with van der Waals surface area (Å²) in [5.41, 5.74) is 1.16. The molecule has 0 saturated carbocycles. The Morgan fingerprint density at radius 1 is 1.38 bits per heavy atom. The molecule has 21 heavy (non-hydrogen) atoms. The zero-order chi connectivity index (χ0) is 15.6. The topological polar surface area (TPSA) is 85.1 Å². The lowest BCUT2D eigenvalue weighted by molar-refractivity contribution is -0.384. The number of amides is 1. The van der Waals surface area contributed by atoms with Crippen molar-refractivity contribution in [3.05, 3.63) is 61.3 Å². The van der Waals surface area contributed by atoms with Gasteiger partial charge in [0, 0.05) is 12.1 Å². The number of halogens is 2. The third kappa shape index (κ3) is 3.56. The number of nitro benzene ring substituents is 1. The molecule has 1 aromatic carbocycles. The first-order chi connectivity index (χ1) is 9.88. The van der Waals surface area contributed by atoms with E-state index in [0.29, 0.717) is 16.0 Å². The summed E-state index contributed by atoms with van der Waals surface area (Å²) in [6.45, 7) is 1.75. The molecule has 0 bridgehead atoms. The SMILES string of the molecule is Cc1nc(Br)ccc1NC(=O)c1ccc([N+](=O)[O-])cc1Cl. The minimum atomic E-state index is -0.573. The minimum absolute atomic E-state index is 0.0180. The highest BCUT2D eigenvalue weighted by molar-refractivity contribution is 9.10. The fourth-order valence-corrected chi connectivity index (χ4v) is 2.31. The van der Waals surface area contributed by atoms with E-state index in [1.807, 2.05) is 0 Å². The molecule has 108 valence electrons. The smallest absolute Gasteiger partial charge is 0.270 e. The van der Waals surface area contributed by atoms with Crippen LogP contribution in [0.15, 0.2) is 34.9 Å². The minimum Gasteiger partial charge on any atom is -0.320 e. The van der Waals surface area contributed by atoms with E-state index in [0.717, 1.165) is 6.07 Å². The van der Waals surface area contributed by atoms with Crippen LogP contribution in [0.5, 0.6) is 0 Å². The summed E-state index contributed by atoms with van der Waals surface area (Å²) in [5.74, 6) is -0.456. The van der Waals surface area contributed by atoms with Crippen LogP contribution in [0, 0.1) is 17.0 Å². The third-order valence-corrected chi connectivity index (χ3v) is 3.46. The van der Waals surface area contributed by atoms with E-state index in [1.165, 1.54) is 12.1 Å². The lowest BCUT2D eigenvalue weighted by Crippen LogP contribution is -2.14. The first kappa shape index (κ1) is 15.4. The average Bonchev–Trinajstić information content (AvgIpc) is 2.41. The van der Waals surface area contributed by atoms with Crippen molar-refractivity contribution in [3.8, 4) is 0 Å². The summed E-state index contributed by atoms with van der Waals surface area (Å²) in [6, 6.07) is 7.08. The van der Waals surface area contributed by atoms with Gasteiger partial charge in [-0.2, -0.15) is 0 Å². The van der Waals surface area contributed by atoms with Crippen LogP contribution in [0.2, 0.25) is 5.02 Å². The Hall–Kier alpha value is -1.99. The number of carbonyl (C=O) groups excluding carboxylic acids is 1. The Labute approximate surface area is 133 Å². The first-order valence-electron chi connectivity index (χ1n) is 5.77. The molecule has 2 aromatic rings. The molecule has 1 N–H and O–H groups in total. The molecule has 0 spiro atoms. The second-order valence-electron chi connectivity index (χ2n) is 4.14. The number of nitro groups is 1.